The van der Waals surface area contributed by atoms with Crippen molar-refractivity contribution in [3.8, 4) is 0 Å². The second-order valence-electron chi connectivity index (χ2n) is 4.37. The van der Waals surface area contributed by atoms with Gasteiger partial charge >= 0.3 is 5.97 Å². The molecule has 11 heavy (non-hydrogen) atoms. The second-order valence-corrected chi connectivity index (χ2v) is 4.37. The molecule has 0 amide bonds. The van der Waals surface area contributed by atoms with Gasteiger partial charge in [0.2, 0.25) is 0 Å². The Balaban J connectivity index is 2.12. The fraction of sp³-hybridized carbons (Fsp3) is 0.889. The Hall–Kier alpha value is -0.530. The smallest absolute Gasteiger partial charge is 0.309 e. The minimum absolute atomic E-state index is 0.383. The molecule has 0 aliphatic heterocycles. The van der Waals surface area contributed by atoms with Gasteiger partial charge in [0.1, 0.15) is 0 Å². The first-order chi connectivity index (χ1) is 5.12. The van der Waals surface area contributed by atoms with E-state index >= 15 is 0 Å². The highest BCUT2D eigenvalue weighted by molar-refractivity contribution is 5.74. The van der Waals surface area contributed by atoms with E-state index < -0.39 is 5.97 Å². The summed E-state index contributed by atoms with van der Waals surface area (Å²) in [5.74, 6) is 0.902. The van der Waals surface area contributed by atoms with Gasteiger partial charge in [-0.2, -0.15) is 0 Å². The van der Waals surface area contributed by atoms with Gasteiger partial charge in [-0.1, -0.05) is 0 Å². The molecular formula is C9H14O2. The number of fused-ring (bicyclic) bond motifs is 1. The average molecular weight is 154 g/mol. The number of aliphatic carboxylic acids is 1. The normalized spacial score (nSPS) is 48.1. The first-order valence-electron chi connectivity index (χ1n) is 4.35. The van der Waals surface area contributed by atoms with E-state index in [-0.39, 0.29) is 5.41 Å². The number of hydrogen-bond donors (Lipinski definition) is 1. The van der Waals surface area contributed by atoms with Crippen LogP contribution in [-0.4, -0.2) is 11.1 Å². The predicted molar refractivity (Wildman–Crippen MR) is 41.2 cm³/mol. The largest absolute Gasteiger partial charge is 0.481 e. The fourth-order valence-electron chi connectivity index (χ4n) is 2.59. The lowest BCUT2D eigenvalue weighted by atomic mass is 9.77. The summed E-state index contributed by atoms with van der Waals surface area (Å²) in [6, 6.07) is 0. The lowest BCUT2D eigenvalue weighted by molar-refractivity contribution is -0.147. The summed E-state index contributed by atoms with van der Waals surface area (Å²) in [6.07, 6.45) is 4.39. The minimum Gasteiger partial charge on any atom is -0.481 e. The van der Waals surface area contributed by atoms with E-state index in [0.717, 1.165) is 24.7 Å². The van der Waals surface area contributed by atoms with Crippen LogP contribution in [0.15, 0.2) is 0 Å². The molecular weight excluding hydrogens is 140 g/mol. The van der Waals surface area contributed by atoms with Crippen molar-refractivity contribution in [1.29, 1.82) is 0 Å². The van der Waals surface area contributed by atoms with Crippen LogP contribution in [-0.2, 0) is 4.79 Å². The van der Waals surface area contributed by atoms with Crippen LogP contribution in [0.2, 0.25) is 0 Å². The summed E-state index contributed by atoms with van der Waals surface area (Å²) in [7, 11) is 0. The number of carboxylic acid groups (broad SMARTS) is 1. The van der Waals surface area contributed by atoms with E-state index in [1.54, 1.807) is 0 Å². The molecule has 0 heterocycles. The first-order valence-corrected chi connectivity index (χ1v) is 4.35. The van der Waals surface area contributed by atoms with E-state index in [2.05, 4.69) is 0 Å². The lowest BCUT2D eigenvalue weighted by Crippen LogP contribution is -2.23. The van der Waals surface area contributed by atoms with Gasteiger partial charge in [-0.15, -0.1) is 0 Å². The lowest BCUT2D eigenvalue weighted by Gasteiger charge is -2.29. The molecule has 0 radical (unpaired) electrons. The average Bonchev–Trinajstić information content (AvgIpc) is 2.13. The molecule has 2 aliphatic rings. The Morgan fingerprint density at radius 2 is 1.82 bits per heavy atom. The van der Waals surface area contributed by atoms with Crippen molar-refractivity contribution >= 4 is 5.97 Å². The Labute approximate surface area is 66.6 Å². The van der Waals surface area contributed by atoms with E-state index in [1.807, 2.05) is 6.92 Å². The molecule has 2 saturated carbocycles. The quantitative estimate of drug-likeness (QED) is 0.626. The van der Waals surface area contributed by atoms with Crippen molar-refractivity contribution < 1.29 is 9.90 Å². The molecule has 0 saturated heterocycles. The summed E-state index contributed by atoms with van der Waals surface area (Å²) in [6.45, 7) is 1.90. The van der Waals surface area contributed by atoms with Crippen LogP contribution < -0.4 is 0 Å². The van der Waals surface area contributed by atoms with E-state index in [9.17, 15) is 4.79 Å². The van der Waals surface area contributed by atoms with Gasteiger partial charge < -0.3 is 5.11 Å². The zero-order valence-electron chi connectivity index (χ0n) is 6.84. The molecule has 2 unspecified atom stereocenters. The third kappa shape index (κ3) is 0.883. The Bertz CT molecular complexity index is 186. The van der Waals surface area contributed by atoms with Crippen LogP contribution in [0.25, 0.3) is 0 Å². The molecule has 2 rings (SSSR count). The van der Waals surface area contributed by atoms with Crippen molar-refractivity contribution in [3.05, 3.63) is 0 Å². The summed E-state index contributed by atoms with van der Waals surface area (Å²) in [4.78, 5) is 10.8. The van der Waals surface area contributed by atoms with Gasteiger partial charge in [-0.3, -0.25) is 4.79 Å². The molecule has 1 N–H and O–H groups in total. The monoisotopic (exact) mass is 154 g/mol. The van der Waals surface area contributed by atoms with Crippen LogP contribution in [0.3, 0.4) is 0 Å². The number of carbonyl (C=O) groups is 1. The van der Waals surface area contributed by atoms with Gasteiger partial charge in [-0.05, 0) is 44.4 Å². The van der Waals surface area contributed by atoms with E-state index in [4.69, 9.17) is 5.11 Å². The zero-order chi connectivity index (χ0) is 8.06. The maximum Gasteiger partial charge on any atom is 0.309 e. The Morgan fingerprint density at radius 3 is 2.09 bits per heavy atom. The Morgan fingerprint density at radius 1 is 1.36 bits per heavy atom. The highest BCUT2D eigenvalue weighted by atomic mass is 16.4. The highest BCUT2D eigenvalue weighted by Gasteiger charge is 2.50. The van der Waals surface area contributed by atoms with Crippen molar-refractivity contribution in [1.82, 2.24) is 0 Å². The second kappa shape index (κ2) is 1.99. The maximum atomic E-state index is 10.8. The van der Waals surface area contributed by atoms with Crippen molar-refractivity contribution in [2.75, 3.05) is 0 Å². The third-order valence-corrected chi connectivity index (χ3v) is 3.52. The molecule has 0 aromatic carbocycles. The van der Waals surface area contributed by atoms with Crippen molar-refractivity contribution in [3.63, 3.8) is 0 Å². The van der Waals surface area contributed by atoms with Gasteiger partial charge in [0.15, 0.2) is 0 Å². The van der Waals surface area contributed by atoms with Crippen LogP contribution in [0.1, 0.15) is 32.6 Å². The maximum absolute atomic E-state index is 10.8. The molecule has 2 aliphatic carbocycles. The van der Waals surface area contributed by atoms with E-state index in [0.29, 0.717) is 0 Å². The third-order valence-electron chi connectivity index (χ3n) is 3.52. The van der Waals surface area contributed by atoms with Crippen LogP contribution in [0, 0.1) is 17.3 Å². The van der Waals surface area contributed by atoms with Crippen LogP contribution in [0.5, 0.6) is 0 Å². The summed E-state index contributed by atoms with van der Waals surface area (Å²) < 4.78 is 0. The molecule has 2 atom stereocenters. The Kier molecular flexibility index (Phi) is 1.29. The minimum atomic E-state index is -0.591. The SMILES string of the molecule is CC1(C(=O)O)CC2CCC2C1. The molecule has 0 spiro atoms. The highest BCUT2D eigenvalue weighted by Crippen LogP contribution is 2.55. The molecule has 0 bridgehead atoms. The molecule has 62 valence electrons. The van der Waals surface area contributed by atoms with Crippen LogP contribution >= 0.6 is 0 Å². The fourth-order valence-corrected chi connectivity index (χ4v) is 2.59. The number of hydrogen-bond acceptors (Lipinski definition) is 1. The van der Waals surface area contributed by atoms with Gasteiger partial charge in [0, 0.05) is 0 Å². The summed E-state index contributed by atoms with van der Waals surface area (Å²) >= 11 is 0. The van der Waals surface area contributed by atoms with Gasteiger partial charge in [0.05, 0.1) is 5.41 Å². The van der Waals surface area contributed by atoms with Crippen molar-refractivity contribution in [2.24, 2.45) is 17.3 Å². The molecule has 0 aromatic heterocycles. The van der Waals surface area contributed by atoms with Crippen molar-refractivity contribution in [2.45, 2.75) is 32.6 Å². The molecule has 2 fully saturated rings. The molecule has 2 heteroatoms. The van der Waals surface area contributed by atoms with Gasteiger partial charge in [0.25, 0.3) is 0 Å². The van der Waals surface area contributed by atoms with Gasteiger partial charge in [-0.25, -0.2) is 0 Å². The number of carboxylic acids is 1. The first kappa shape index (κ1) is 7.14. The number of rotatable bonds is 1. The molecule has 2 nitrogen and oxygen atoms in total. The van der Waals surface area contributed by atoms with E-state index in [1.165, 1.54) is 12.8 Å². The zero-order valence-corrected chi connectivity index (χ0v) is 6.84. The standard InChI is InChI=1S/C9H14O2/c1-9(8(10)11)4-6-2-3-7(6)5-9/h6-7H,2-5H2,1H3,(H,10,11). The summed E-state index contributed by atoms with van der Waals surface area (Å²) in [5, 5.41) is 8.94. The predicted octanol–water partition coefficient (Wildman–Crippen LogP) is 1.90. The van der Waals surface area contributed by atoms with Crippen LogP contribution in [0.4, 0.5) is 0 Å². The topological polar surface area (TPSA) is 37.3 Å². The molecule has 0 aromatic rings. The summed E-state index contributed by atoms with van der Waals surface area (Å²) in [5.41, 5.74) is -0.383.